The maximum absolute atomic E-state index is 12.6. The summed E-state index contributed by atoms with van der Waals surface area (Å²) in [6, 6.07) is 0. The summed E-state index contributed by atoms with van der Waals surface area (Å²) in [5.41, 5.74) is 3.23. The zero-order valence-electron chi connectivity index (χ0n) is 11.9. The van der Waals surface area contributed by atoms with Gasteiger partial charge in [-0.3, -0.25) is 4.79 Å². The quantitative estimate of drug-likeness (QED) is 0.397. The number of nitrogens with two attached hydrogens (primary N) is 1. The minimum absolute atomic E-state index is 0.0509. The lowest BCUT2D eigenvalue weighted by Crippen LogP contribution is -2.81. The summed E-state index contributed by atoms with van der Waals surface area (Å²) < 4.78 is 5.61. The summed E-state index contributed by atoms with van der Waals surface area (Å²) in [6.07, 6.45) is 0.660. The standard InChI is InChI=1S/C13H24N2O5/c1-11(2)9-8(3-4-20-9)13(11,14)10(19)15-12(5-16,6-17)7-18/h8-9,16-18H,3-7,14H2,1-2H3,(H,15,19). The molecule has 3 unspecified atom stereocenters. The van der Waals surface area contributed by atoms with Crippen molar-refractivity contribution in [2.75, 3.05) is 26.4 Å². The van der Waals surface area contributed by atoms with Crippen molar-refractivity contribution in [3.8, 4) is 0 Å². The van der Waals surface area contributed by atoms with E-state index in [0.717, 1.165) is 0 Å². The van der Waals surface area contributed by atoms with E-state index in [1.807, 2.05) is 13.8 Å². The van der Waals surface area contributed by atoms with Crippen molar-refractivity contribution in [2.45, 2.75) is 37.5 Å². The number of ether oxygens (including phenoxy) is 1. The normalized spacial score (nSPS) is 35.3. The van der Waals surface area contributed by atoms with Gasteiger partial charge < -0.3 is 31.1 Å². The first-order valence-corrected chi connectivity index (χ1v) is 6.85. The first kappa shape index (κ1) is 15.7. The molecule has 0 spiro atoms. The van der Waals surface area contributed by atoms with Crippen molar-refractivity contribution < 1.29 is 24.9 Å². The summed E-state index contributed by atoms with van der Waals surface area (Å²) in [5.74, 6) is -0.544. The Balaban J connectivity index is 2.20. The molecule has 0 aromatic rings. The number of nitrogens with one attached hydrogen (secondary N) is 1. The molecule has 3 atom stereocenters. The van der Waals surface area contributed by atoms with Crippen LogP contribution in [-0.2, 0) is 9.53 Å². The number of rotatable bonds is 5. The van der Waals surface area contributed by atoms with Gasteiger partial charge in [0.05, 0.1) is 25.9 Å². The average Bonchev–Trinajstić information content (AvgIpc) is 2.92. The summed E-state index contributed by atoms with van der Waals surface area (Å²) in [7, 11) is 0. The smallest absolute Gasteiger partial charge is 0.241 e. The van der Waals surface area contributed by atoms with E-state index < -0.39 is 42.2 Å². The number of aliphatic hydroxyl groups is 3. The predicted molar refractivity (Wildman–Crippen MR) is 70.7 cm³/mol. The van der Waals surface area contributed by atoms with Crippen LogP contribution >= 0.6 is 0 Å². The molecule has 2 aliphatic rings. The number of amides is 1. The Kier molecular flexibility index (Phi) is 3.85. The third-order valence-corrected chi connectivity index (χ3v) is 5.12. The Morgan fingerprint density at radius 3 is 2.40 bits per heavy atom. The van der Waals surface area contributed by atoms with Gasteiger partial charge in [0.25, 0.3) is 0 Å². The van der Waals surface area contributed by atoms with Crippen molar-refractivity contribution in [1.82, 2.24) is 5.32 Å². The fourth-order valence-electron chi connectivity index (χ4n) is 3.46. The lowest BCUT2D eigenvalue weighted by atomic mass is 9.48. The van der Waals surface area contributed by atoms with Gasteiger partial charge in [0.15, 0.2) is 0 Å². The second-order valence-corrected chi connectivity index (χ2v) is 6.49. The molecule has 1 amide bonds. The van der Waals surface area contributed by atoms with Crippen molar-refractivity contribution in [3.05, 3.63) is 0 Å². The highest BCUT2D eigenvalue weighted by Gasteiger charge is 2.71. The molecular formula is C13H24N2O5. The summed E-state index contributed by atoms with van der Waals surface area (Å²) >= 11 is 0. The first-order chi connectivity index (χ1) is 9.29. The highest BCUT2D eigenvalue weighted by Crippen LogP contribution is 2.58. The monoisotopic (exact) mass is 288 g/mol. The van der Waals surface area contributed by atoms with E-state index in [9.17, 15) is 20.1 Å². The van der Waals surface area contributed by atoms with Gasteiger partial charge in [-0.05, 0) is 6.42 Å². The van der Waals surface area contributed by atoms with Gasteiger partial charge >= 0.3 is 0 Å². The van der Waals surface area contributed by atoms with E-state index in [0.29, 0.717) is 13.0 Å². The number of hydrogen-bond donors (Lipinski definition) is 5. The minimum Gasteiger partial charge on any atom is -0.394 e. The highest BCUT2D eigenvalue weighted by molar-refractivity contribution is 5.90. The van der Waals surface area contributed by atoms with Crippen LogP contribution in [0.15, 0.2) is 0 Å². The maximum Gasteiger partial charge on any atom is 0.241 e. The first-order valence-electron chi connectivity index (χ1n) is 6.85. The van der Waals surface area contributed by atoms with E-state index >= 15 is 0 Å². The molecule has 7 nitrogen and oxygen atoms in total. The molecule has 20 heavy (non-hydrogen) atoms. The third-order valence-electron chi connectivity index (χ3n) is 5.12. The Morgan fingerprint density at radius 2 is 1.90 bits per heavy atom. The zero-order chi connectivity index (χ0) is 15.2. The number of carbonyl (C=O) groups excluding carboxylic acids is 1. The lowest BCUT2D eigenvalue weighted by molar-refractivity contribution is -0.178. The highest BCUT2D eigenvalue weighted by atomic mass is 16.5. The zero-order valence-corrected chi connectivity index (χ0v) is 11.9. The fraction of sp³-hybridized carbons (Fsp3) is 0.923. The molecule has 116 valence electrons. The molecule has 6 N–H and O–H groups in total. The number of carbonyl (C=O) groups is 1. The van der Waals surface area contributed by atoms with Gasteiger partial charge in [0.2, 0.25) is 5.91 Å². The molecule has 1 aliphatic carbocycles. The van der Waals surface area contributed by atoms with Crippen molar-refractivity contribution in [1.29, 1.82) is 0 Å². The molecule has 2 fully saturated rings. The van der Waals surface area contributed by atoms with Crippen LogP contribution < -0.4 is 11.1 Å². The van der Waals surface area contributed by atoms with Crippen LogP contribution in [0.4, 0.5) is 0 Å². The molecule has 1 saturated carbocycles. The second-order valence-electron chi connectivity index (χ2n) is 6.49. The summed E-state index contributed by atoms with van der Waals surface area (Å²) in [4.78, 5) is 12.6. The van der Waals surface area contributed by atoms with E-state index in [1.54, 1.807) is 0 Å². The Labute approximate surface area is 118 Å². The van der Waals surface area contributed by atoms with Crippen LogP contribution in [0.5, 0.6) is 0 Å². The number of hydrogen-bond acceptors (Lipinski definition) is 6. The fourth-order valence-corrected chi connectivity index (χ4v) is 3.46. The van der Waals surface area contributed by atoms with Crippen LogP contribution in [0.2, 0.25) is 0 Å². The molecule has 0 bridgehead atoms. The van der Waals surface area contributed by atoms with E-state index in [1.165, 1.54) is 0 Å². The summed E-state index contributed by atoms with van der Waals surface area (Å²) in [6.45, 7) is 2.64. The van der Waals surface area contributed by atoms with Crippen LogP contribution in [0.25, 0.3) is 0 Å². The van der Waals surface area contributed by atoms with Crippen LogP contribution in [0.1, 0.15) is 20.3 Å². The Bertz CT molecular complexity index is 388. The molecule has 1 heterocycles. The van der Waals surface area contributed by atoms with Crippen molar-refractivity contribution in [3.63, 3.8) is 0 Å². The van der Waals surface area contributed by atoms with Crippen molar-refractivity contribution in [2.24, 2.45) is 17.1 Å². The number of aliphatic hydroxyl groups excluding tert-OH is 3. The lowest BCUT2D eigenvalue weighted by Gasteiger charge is -2.61. The molecule has 7 heteroatoms. The van der Waals surface area contributed by atoms with E-state index in [-0.39, 0.29) is 12.0 Å². The van der Waals surface area contributed by atoms with Gasteiger partial charge in [-0.25, -0.2) is 0 Å². The Hall–Kier alpha value is -0.730. The van der Waals surface area contributed by atoms with Gasteiger partial charge in [-0.2, -0.15) is 0 Å². The maximum atomic E-state index is 12.6. The predicted octanol–water partition coefficient (Wildman–Crippen LogP) is -2.04. The van der Waals surface area contributed by atoms with E-state index in [2.05, 4.69) is 5.32 Å². The Morgan fingerprint density at radius 1 is 1.35 bits per heavy atom. The molecule has 1 aliphatic heterocycles. The number of fused-ring (bicyclic) bond motifs is 1. The molecule has 0 aromatic carbocycles. The minimum atomic E-state index is -1.45. The molecular weight excluding hydrogens is 264 g/mol. The van der Waals surface area contributed by atoms with E-state index in [4.69, 9.17) is 10.5 Å². The van der Waals surface area contributed by atoms with Crippen LogP contribution in [-0.4, -0.2) is 64.8 Å². The summed E-state index contributed by atoms with van der Waals surface area (Å²) in [5, 5.41) is 30.4. The average molecular weight is 288 g/mol. The van der Waals surface area contributed by atoms with Crippen LogP contribution in [0, 0.1) is 11.3 Å². The van der Waals surface area contributed by atoms with Gasteiger partial charge in [-0.15, -0.1) is 0 Å². The van der Waals surface area contributed by atoms with Gasteiger partial charge in [-0.1, -0.05) is 13.8 Å². The van der Waals surface area contributed by atoms with Crippen molar-refractivity contribution >= 4 is 5.91 Å². The topological polar surface area (TPSA) is 125 Å². The molecule has 2 rings (SSSR count). The SMILES string of the molecule is CC1(C)C2OCCC2C1(N)C(=O)NC(CO)(CO)CO. The molecule has 0 aromatic heterocycles. The molecule has 0 radical (unpaired) electrons. The largest absolute Gasteiger partial charge is 0.394 e. The van der Waals surface area contributed by atoms with Gasteiger partial charge in [0, 0.05) is 17.9 Å². The second kappa shape index (κ2) is 4.92. The third kappa shape index (κ3) is 1.81. The van der Waals surface area contributed by atoms with Crippen LogP contribution in [0.3, 0.4) is 0 Å². The van der Waals surface area contributed by atoms with Gasteiger partial charge in [0.1, 0.15) is 11.1 Å². The molecule has 1 saturated heterocycles.